The zero-order chi connectivity index (χ0) is 17.2. The summed E-state index contributed by atoms with van der Waals surface area (Å²) in [6, 6.07) is 7.63. The van der Waals surface area contributed by atoms with Crippen LogP contribution in [0.2, 0.25) is 0 Å². The number of thioether (sulfide) groups is 1. The lowest BCUT2D eigenvalue weighted by atomic mass is 10.1. The van der Waals surface area contributed by atoms with Crippen molar-refractivity contribution in [2.24, 2.45) is 4.99 Å². The molecule has 1 aliphatic heterocycles. The van der Waals surface area contributed by atoms with Gasteiger partial charge in [0, 0.05) is 30.4 Å². The average molecular weight is 476 g/mol. The van der Waals surface area contributed by atoms with Crippen molar-refractivity contribution in [3.8, 4) is 0 Å². The van der Waals surface area contributed by atoms with Gasteiger partial charge in [-0.05, 0) is 50.1 Å². The molecule has 140 valence electrons. The summed E-state index contributed by atoms with van der Waals surface area (Å²) in [6.45, 7) is 7.04. The number of guanidine groups is 1. The minimum Gasteiger partial charge on any atom is -0.357 e. The van der Waals surface area contributed by atoms with Gasteiger partial charge in [-0.25, -0.2) is 4.99 Å². The van der Waals surface area contributed by atoms with Gasteiger partial charge in [0.25, 0.3) is 5.91 Å². The summed E-state index contributed by atoms with van der Waals surface area (Å²) >= 11 is 2.04. The van der Waals surface area contributed by atoms with Crippen LogP contribution in [-0.2, 0) is 6.54 Å². The van der Waals surface area contributed by atoms with E-state index in [1.54, 1.807) is 0 Å². The van der Waals surface area contributed by atoms with E-state index in [0.717, 1.165) is 24.6 Å². The lowest BCUT2D eigenvalue weighted by Crippen LogP contribution is -2.40. The van der Waals surface area contributed by atoms with Gasteiger partial charge in [-0.2, -0.15) is 11.8 Å². The molecule has 1 aliphatic rings. The number of nitrogens with one attached hydrogen (secondary N) is 3. The van der Waals surface area contributed by atoms with Crippen molar-refractivity contribution in [1.29, 1.82) is 0 Å². The Kier molecular flexibility index (Phi) is 11.0. The van der Waals surface area contributed by atoms with E-state index < -0.39 is 0 Å². The fourth-order valence-electron chi connectivity index (χ4n) is 2.55. The predicted octanol–water partition coefficient (Wildman–Crippen LogP) is 3.01. The van der Waals surface area contributed by atoms with E-state index in [2.05, 4.69) is 27.9 Å². The van der Waals surface area contributed by atoms with E-state index in [9.17, 15) is 4.79 Å². The summed E-state index contributed by atoms with van der Waals surface area (Å²) < 4.78 is 0. The molecule has 5 nitrogen and oxygen atoms in total. The molecule has 1 atom stereocenters. The fraction of sp³-hybridized carbons (Fsp3) is 0.556. The van der Waals surface area contributed by atoms with Crippen LogP contribution in [0, 0.1) is 0 Å². The van der Waals surface area contributed by atoms with Gasteiger partial charge in [0.1, 0.15) is 0 Å². The summed E-state index contributed by atoms with van der Waals surface area (Å²) in [4.78, 5) is 16.4. The first-order valence-corrected chi connectivity index (χ1v) is 9.78. The molecular weight excluding hydrogens is 447 g/mol. The molecule has 1 unspecified atom stereocenters. The molecule has 1 fully saturated rings. The first-order valence-electron chi connectivity index (χ1n) is 8.73. The number of benzene rings is 1. The van der Waals surface area contributed by atoms with E-state index >= 15 is 0 Å². The highest BCUT2D eigenvalue weighted by molar-refractivity contribution is 14.0. The second kappa shape index (κ2) is 12.4. The van der Waals surface area contributed by atoms with Gasteiger partial charge in [-0.15, -0.1) is 24.0 Å². The van der Waals surface area contributed by atoms with E-state index in [4.69, 9.17) is 0 Å². The molecule has 25 heavy (non-hydrogen) atoms. The van der Waals surface area contributed by atoms with Gasteiger partial charge in [0.2, 0.25) is 0 Å². The molecule has 0 bridgehead atoms. The standard InChI is InChI=1S/C18H28N4OS.HI/c1-3-19-17(23)15-9-7-14(8-10-15)12-21-18(20-4-2)22-13-16-6-5-11-24-16;/h7-10,16H,3-6,11-13H2,1-2H3,(H,19,23)(H2,20,21,22);1H. The van der Waals surface area contributed by atoms with Gasteiger partial charge in [-0.3, -0.25) is 4.79 Å². The highest BCUT2D eigenvalue weighted by atomic mass is 127. The second-order valence-electron chi connectivity index (χ2n) is 5.77. The maximum atomic E-state index is 11.8. The molecule has 0 saturated carbocycles. The van der Waals surface area contributed by atoms with Gasteiger partial charge in [-0.1, -0.05) is 12.1 Å². The van der Waals surface area contributed by atoms with Crippen LogP contribution in [0.4, 0.5) is 0 Å². The van der Waals surface area contributed by atoms with Crippen molar-refractivity contribution in [1.82, 2.24) is 16.0 Å². The Morgan fingerprint density at radius 2 is 1.88 bits per heavy atom. The number of carbonyl (C=O) groups is 1. The quantitative estimate of drug-likeness (QED) is 0.322. The van der Waals surface area contributed by atoms with Crippen molar-refractivity contribution in [3.63, 3.8) is 0 Å². The molecule has 2 rings (SSSR count). The van der Waals surface area contributed by atoms with Gasteiger partial charge in [0.05, 0.1) is 6.54 Å². The van der Waals surface area contributed by atoms with Crippen molar-refractivity contribution >= 4 is 47.6 Å². The number of hydrogen-bond acceptors (Lipinski definition) is 3. The molecule has 1 amide bonds. The number of hydrogen-bond donors (Lipinski definition) is 3. The van der Waals surface area contributed by atoms with Crippen molar-refractivity contribution < 1.29 is 4.79 Å². The van der Waals surface area contributed by atoms with Gasteiger partial charge in [0.15, 0.2) is 5.96 Å². The summed E-state index contributed by atoms with van der Waals surface area (Å²) in [5.41, 5.74) is 1.78. The second-order valence-corrected chi connectivity index (χ2v) is 7.18. The first-order chi connectivity index (χ1) is 11.7. The highest BCUT2D eigenvalue weighted by Gasteiger charge is 2.15. The summed E-state index contributed by atoms with van der Waals surface area (Å²) in [7, 11) is 0. The van der Waals surface area contributed by atoms with Crippen molar-refractivity contribution in [2.45, 2.75) is 38.5 Å². The van der Waals surface area contributed by atoms with Crippen LogP contribution < -0.4 is 16.0 Å². The van der Waals surface area contributed by atoms with E-state index in [0.29, 0.717) is 23.9 Å². The van der Waals surface area contributed by atoms with Gasteiger partial charge < -0.3 is 16.0 Å². The van der Waals surface area contributed by atoms with Crippen LogP contribution in [0.1, 0.15) is 42.6 Å². The number of amides is 1. The summed E-state index contributed by atoms with van der Waals surface area (Å²) in [6.07, 6.45) is 2.61. The van der Waals surface area contributed by atoms with Crippen molar-refractivity contribution in [3.05, 3.63) is 35.4 Å². The Morgan fingerprint density at radius 1 is 1.16 bits per heavy atom. The SMILES string of the molecule is CCNC(=O)c1ccc(CN=C(NCC)NCC2CCCS2)cc1.I. The monoisotopic (exact) mass is 476 g/mol. The molecular formula is C18H29IN4OS. The molecule has 1 aromatic carbocycles. The molecule has 0 aromatic heterocycles. The third-order valence-corrected chi connectivity index (χ3v) is 5.24. The van der Waals surface area contributed by atoms with Crippen LogP contribution in [-0.4, -0.2) is 42.5 Å². The molecule has 3 N–H and O–H groups in total. The molecule has 0 radical (unpaired) electrons. The van der Waals surface area contributed by atoms with Crippen LogP contribution >= 0.6 is 35.7 Å². The Morgan fingerprint density at radius 3 is 2.48 bits per heavy atom. The molecule has 1 saturated heterocycles. The Bertz CT molecular complexity index is 545. The topological polar surface area (TPSA) is 65.5 Å². The number of nitrogens with zero attached hydrogens (tertiary/aromatic N) is 1. The Hall–Kier alpha value is -0.960. The highest BCUT2D eigenvalue weighted by Crippen LogP contribution is 2.25. The predicted molar refractivity (Wildman–Crippen MR) is 118 cm³/mol. The number of rotatable bonds is 7. The van der Waals surface area contributed by atoms with Crippen molar-refractivity contribution in [2.75, 3.05) is 25.4 Å². The lowest BCUT2D eigenvalue weighted by Gasteiger charge is -2.14. The smallest absolute Gasteiger partial charge is 0.251 e. The summed E-state index contributed by atoms with van der Waals surface area (Å²) in [5, 5.41) is 10.2. The zero-order valence-corrected chi connectivity index (χ0v) is 18.2. The third kappa shape index (κ3) is 7.85. The fourth-order valence-corrected chi connectivity index (χ4v) is 3.75. The molecule has 7 heteroatoms. The normalized spacial score (nSPS) is 16.9. The van der Waals surface area contributed by atoms with Crippen LogP contribution in [0.5, 0.6) is 0 Å². The summed E-state index contributed by atoms with van der Waals surface area (Å²) in [5.74, 6) is 2.10. The van der Waals surface area contributed by atoms with Crippen LogP contribution in [0.15, 0.2) is 29.3 Å². The van der Waals surface area contributed by atoms with E-state index in [1.807, 2.05) is 43.0 Å². The molecule has 0 spiro atoms. The van der Waals surface area contributed by atoms with E-state index in [1.165, 1.54) is 18.6 Å². The van der Waals surface area contributed by atoms with Gasteiger partial charge >= 0.3 is 0 Å². The largest absolute Gasteiger partial charge is 0.357 e. The van der Waals surface area contributed by atoms with Crippen LogP contribution in [0.3, 0.4) is 0 Å². The van der Waals surface area contributed by atoms with Crippen LogP contribution in [0.25, 0.3) is 0 Å². The number of aliphatic imine (C=N–C) groups is 1. The molecule has 1 heterocycles. The Labute approximate surface area is 172 Å². The minimum atomic E-state index is -0.0309. The zero-order valence-electron chi connectivity index (χ0n) is 15.0. The average Bonchev–Trinajstić information content (AvgIpc) is 3.11. The number of halogens is 1. The Balaban J connectivity index is 0.00000312. The lowest BCUT2D eigenvalue weighted by molar-refractivity contribution is 0.0956. The van der Waals surface area contributed by atoms with E-state index in [-0.39, 0.29) is 29.9 Å². The maximum Gasteiger partial charge on any atom is 0.251 e. The molecule has 1 aromatic rings. The maximum absolute atomic E-state index is 11.8. The third-order valence-electron chi connectivity index (χ3n) is 3.84. The first kappa shape index (κ1) is 22.1. The molecule has 0 aliphatic carbocycles. The minimum absolute atomic E-state index is 0. The number of carbonyl (C=O) groups excluding carboxylic acids is 1.